The molecule has 0 fully saturated rings. The van der Waals surface area contributed by atoms with E-state index >= 15 is 0 Å². The Kier molecular flexibility index (Phi) is 6.81. The van der Waals surface area contributed by atoms with Crippen LogP contribution in [0.4, 0.5) is 0 Å². The Morgan fingerprint density at radius 1 is 1.30 bits per heavy atom. The predicted molar refractivity (Wildman–Crippen MR) is 107 cm³/mol. The Balaban J connectivity index is 2.36. The minimum absolute atomic E-state index is 0.205. The molecule has 150 valence electrons. The van der Waals surface area contributed by atoms with E-state index in [1.165, 1.54) is 0 Å². The summed E-state index contributed by atoms with van der Waals surface area (Å²) in [5.74, 6) is 0.306. The number of allylic oxidation sites excluding steroid dienone is 1. The number of imidazole rings is 1. The summed E-state index contributed by atoms with van der Waals surface area (Å²) in [6, 6.07) is -0.632. The van der Waals surface area contributed by atoms with E-state index in [9.17, 15) is 9.59 Å². The van der Waals surface area contributed by atoms with Gasteiger partial charge in [0.05, 0.1) is 5.69 Å². The molecule has 0 aliphatic carbocycles. The van der Waals surface area contributed by atoms with Gasteiger partial charge in [-0.2, -0.15) is 0 Å². The third kappa shape index (κ3) is 4.97. The SMILES string of the molecule is CCC/C=C/c1nc(C(=O)N[C@H](C(=O)NC)C(C)(C)C)c2n1CCN(C)C2. The van der Waals surface area contributed by atoms with E-state index < -0.39 is 11.5 Å². The van der Waals surface area contributed by atoms with E-state index in [2.05, 4.69) is 38.1 Å². The van der Waals surface area contributed by atoms with Crippen LogP contribution in [0.5, 0.6) is 0 Å². The maximum Gasteiger partial charge on any atom is 0.272 e. The minimum atomic E-state index is -0.632. The fourth-order valence-corrected chi connectivity index (χ4v) is 3.20. The number of carbonyl (C=O) groups is 2. The molecule has 1 aliphatic rings. The Labute approximate surface area is 162 Å². The number of amides is 2. The second kappa shape index (κ2) is 8.69. The van der Waals surface area contributed by atoms with Crippen LogP contribution < -0.4 is 10.6 Å². The highest BCUT2D eigenvalue weighted by molar-refractivity contribution is 5.97. The third-order valence-electron chi connectivity index (χ3n) is 4.81. The maximum absolute atomic E-state index is 13.0. The standard InChI is InChI=1S/C20H33N5O2/c1-7-8-9-10-15-22-16(14-13-24(6)11-12-25(14)15)18(26)23-17(19(27)21-5)20(2,3)4/h9-10,17H,7-8,11-13H2,1-6H3,(H,21,27)(H,23,26)/b10-9+/t17-/m1/s1. The first-order valence-electron chi connectivity index (χ1n) is 9.66. The molecule has 0 radical (unpaired) electrons. The van der Waals surface area contributed by atoms with Gasteiger partial charge in [0.15, 0.2) is 5.69 Å². The van der Waals surface area contributed by atoms with Crippen molar-refractivity contribution >= 4 is 17.9 Å². The highest BCUT2D eigenvalue weighted by atomic mass is 16.2. The van der Waals surface area contributed by atoms with Crippen molar-refractivity contribution in [2.24, 2.45) is 5.41 Å². The molecule has 0 bridgehead atoms. The van der Waals surface area contributed by atoms with Crippen LogP contribution >= 0.6 is 0 Å². The van der Waals surface area contributed by atoms with Gasteiger partial charge in [-0.15, -0.1) is 0 Å². The highest BCUT2D eigenvalue weighted by Crippen LogP contribution is 2.23. The van der Waals surface area contributed by atoms with E-state index in [1.54, 1.807) is 7.05 Å². The first-order chi connectivity index (χ1) is 12.7. The van der Waals surface area contributed by atoms with Crippen molar-refractivity contribution in [3.05, 3.63) is 23.3 Å². The maximum atomic E-state index is 13.0. The van der Waals surface area contributed by atoms with Crippen LogP contribution in [-0.4, -0.2) is 52.9 Å². The van der Waals surface area contributed by atoms with E-state index in [-0.39, 0.29) is 11.8 Å². The molecule has 0 saturated heterocycles. The van der Waals surface area contributed by atoms with Crippen LogP contribution in [0.3, 0.4) is 0 Å². The third-order valence-corrected chi connectivity index (χ3v) is 4.81. The molecule has 2 rings (SSSR count). The number of unbranched alkanes of at least 4 members (excludes halogenated alkanes) is 1. The quantitative estimate of drug-likeness (QED) is 0.797. The second-order valence-electron chi connectivity index (χ2n) is 8.23. The summed E-state index contributed by atoms with van der Waals surface area (Å²) in [5.41, 5.74) is 0.911. The number of nitrogens with zero attached hydrogens (tertiary/aromatic N) is 3. The van der Waals surface area contributed by atoms with Crippen molar-refractivity contribution in [1.29, 1.82) is 0 Å². The smallest absolute Gasteiger partial charge is 0.272 e. The second-order valence-corrected chi connectivity index (χ2v) is 8.23. The molecule has 1 aromatic rings. The number of aromatic nitrogens is 2. The first kappa shape index (κ1) is 21.2. The lowest BCUT2D eigenvalue weighted by molar-refractivity contribution is -0.124. The zero-order chi connectivity index (χ0) is 20.2. The molecule has 0 spiro atoms. The van der Waals surface area contributed by atoms with Crippen molar-refractivity contribution in [3.8, 4) is 0 Å². The number of hydrogen-bond donors (Lipinski definition) is 2. The summed E-state index contributed by atoms with van der Waals surface area (Å²) >= 11 is 0. The molecule has 1 atom stereocenters. The van der Waals surface area contributed by atoms with Gasteiger partial charge in [-0.05, 0) is 25.0 Å². The molecule has 7 heteroatoms. The molecular formula is C20H33N5O2. The van der Waals surface area contributed by atoms with Gasteiger partial charge in [-0.1, -0.05) is 40.2 Å². The van der Waals surface area contributed by atoms with Gasteiger partial charge in [-0.3, -0.25) is 14.5 Å². The monoisotopic (exact) mass is 375 g/mol. The fourth-order valence-electron chi connectivity index (χ4n) is 3.20. The van der Waals surface area contributed by atoms with E-state index in [4.69, 9.17) is 0 Å². The van der Waals surface area contributed by atoms with Gasteiger partial charge in [0.2, 0.25) is 5.91 Å². The van der Waals surface area contributed by atoms with Crippen LogP contribution in [0.1, 0.15) is 62.5 Å². The lowest BCUT2D eigenvalue weighted by Crippen LogP contribution is -2.53. The minimum Gasteiger partial charge on any atom is -0.357 e. The Morgan fingerprint density at radius 2 is 2.00 bits per heavy atom. The summed E-state index contributed by atoms with van der Waals surface area (Å²) in [5, 5.41) is 5.54. The summed E-state index contributed by atoms with van der Waals surface area (Å²) < 4.78 is 2.12. The van der Waals surface area contributed by atoms with Crippen LogP contribution in [0, 0.1) is 5.41 Å². The average molecular weight is 376 g/mol. The molecule has 27 heavy (non-hydrogen) atoms. The molecule has 0 aromatic carbocycles. The van der Waals surface area contributed by atoms with E-state index in [1.807, 2.05) is 33.9 Å². The normalized spacial score (nSPS) is 16.2. The summed E-state index contributed by atoms with van der Waals surface area (Å²) in [4.78, 5) is 32.1. The van der Waals surface area contributed by atoms with E-state index in [0.29, 0.717) is 12.2 Å². The van der Waals surface area contributed by atoms with E-state index in [0.717, 1.165) is 37.4 Å². The van der Waals surface area contributed by atoms with Crippen molar-refractivity contribution in [1.82, 2.24) is 25.1 Å². The van der Waals surface area contributed by atoms with Crippen molar-refractivity contribution in [3.63, 3.8) is 0 Å². The summed E-state index contributed by atoms with van der Waals surface area (Å²) in [6.45, 7) is 10.3. The Morgan fingerprint density at radius 3 is 2.59 bits per heavy atom. The lowest BCUT2D eigenvalue weighted by Gasteiger charge is -2.30. The zero-order valence-electron chi connectivity index (χ0n) is 17.4. The number of nitrogens with one attached hydrogen (secondary N) is 2. The molecule has 2 heterocycles. The van der Waals surface area contributed by atoms with Gasteiger partial charge >= 0.3 is 0 Å². The van der Waals surface area contributed by atoms with Gasteiger partial charge in [0.25, 0.3) is 5.91 Å². The molecule has 2 amide bonds. The number of rotatable bonds is 6. The summed E-state index contributed by atoms with van der Waals surface area (Å²) in [7, 11) is 3.62. The zero-order valence-corrected chi connectivity index (χ0v) is 17.4. The van der Waals surface area contributed by atoms with Crippen molar-refractivity contribution in [2.75, 3.05) is 20.6 Å². The van der Waals surface area contributed by atoms with Crippen LogP contribution in [0.25, 0.3) is 6.08 Å². The van der Waals surface area contributed by atoms with Gasteiger partial charge in [0.1, 0.15) is 11.9 Å². The van der Waals surface area contributed by atoms with Crippen molar-refractivity contribution < 1.29 is 9.59 Å². The Bertz CT molecular complexity index is 715. The van der Waals surface area contributed by atoms with Crippen LogP contribution in [0.2, 0.25) is 0 Å². The molecule has 1 aromatic heterocycles. The van der Waals surface area contributed by atoms with Crippen LogP contribution in [0.15, 0.2) is 6.08 Å². The average Bonchev–Trinajstić information content (AvgIpc) is 2.96. The number of carbonyl (C=O) groups excluding carboxylic acids is 2. The van der Waals surface area contributed by atoms with Crippen LogP contribution in [-0.2, 0) is 17.9 Å². The number of fused-ring (bicyclic) bond motifs is 1. The molecule has 1 aliphatic heterocycles. The lowest BCUT2D eigenvalue weighted by atomic mass is 9.86. The summed E-state index contributed by atoms with van der Waals surface area (Å²) in [6.07, 6.45) is 6.14. The van der Waals surface area contributed by atoms with Gasteiger partial charge in [-0.25, -0.2) is 4.98 Å². The number of likely N-dealkylation sites (N-methyl/N-ethyl adjacent to an activating group) is 2. The Hall–Kier alpha value is -2.15. The fraction of sp³-hybridized carbons (Fsp3) is 0.650. The molecular weight excluding hydrogens is 342 g/mol. The van der Waals surface area contributed by atoms with Gasteiger partial charge < -0.3 is 15.2 Å². The molecule has 2 N–H and O–H groups in total. The molecule has 0 unspecified atom stereocenters. The first-order valence-corrected chi connectivity index (χ1v) is 9.66. The number of hydrogen-bond acceptors (Lipinski definition) is 4. The molecule has 0 saturated carbocycles. The molecule has 7 nitrogen and oxygen atoms in total. The largest absolute Gasteiger partial charge is 0.357 e. The van der Waals surface area contributed by atoms with Crippen molar-refractivity contribution in [2.45, 2.75) is 59.7 Å². The predicted octanol–water partition coefficient (Wildman–Crippen LogP) is 2.03. The topological polar surface area (TPSA) is 79.3 Å². The highest BCUT2D eigenvalue weighted by Gasteiger charge is 2.34. The van der Waals surface area contributed by atoms with Gasteiger partial charge in [0, 0.05) is 26.7 Å².